The molecule has 200 valence electrons. The van der Waals surface area contributed by atoms with Crippen molar-refractivity contribution in [2.45, 2.75) is 58.7 Å². The molecule has 0 bridgehead atoms. The van der Waals surface area contributed by atoms with Crippen LogP contribution in [0.1, 0.15) is 46.1 Å². The fraction of sp³-hybridized carbons (Fsp3) is 0.414. The zero-order chi connectivity index (χ0) is 26.7. The summed E-state index contributed by atoms with van der Waals surface area (Å²) in [4.78, 5) is 16.8. The molecule has 5 rings (SSSR count). The molecule has 0 unspecified atom stereocenters. The SMILES string of the molecule is C[C@@H](COc1cc(-c2nc3cc(OCC4CC4)ccc3o2)n(Cc2ccccc2)n1)NC(=O)OC(C)(C)C. The fourth-order valence-electron chi connectivity index (χ4n) is 3.88. The minimum Gasteiger partial charge on any atom is -0.493 e. The third-order valence-corrected chi connectivity index (χ3v) is 5.94. The van der Waals surface area contributed by atoms with Crippen molar-refractivity contribution in [2.24, 2.45) is 5.92 Å². The van der Waals surface area contributed by atoms with E-state index in [1.807, 2.05) is 80.9 Å². The molecule has 1 N–H and O–H groups in total. The van der Waals surface area contributed by atoms with Gasteiger partial charge < -0.3 is 23.9 Å². The molecule has 1 fully saturated rings. The smallest absolute Gasteiger partial charge is 0.407 e. The first-order valence-corrected chi connectivity index (χ1v) is 13.0. The lowest BCUT2D eigenvalue weighted by molar-refractivity contribution is 0.0493. The van der Waals surface area contributed by atoms with Gasteiger partial charge in [0.15, 0.2) is 5.58 Å². The number of amides is 1. The average molecular weight is 519 g/mol. The minimum absolute atomic E-state index is 0.219. The summed E-state index contributed by atoms with van der Waals surface area (Å²) in [6.07, 6.45) is 1.99. The Kier molecular flexibility index (Phi) is 7.26. The number of oxazole rings is 1. The van der Waals surface area contributed by atoms with E-state index in [0.717, 1.165) is 23.4 Å². The van der Waals surface area contributed by atoms with Gasteiger partial charge in [-0.3, -0.25) is 4.68 Å². The van der Waals surface area contributed by atoms with Crippen LogP contribution in [0.5, 0.6) is 11.6 Å². The molecule has 1 atom stereocenters. The lowest BCUT2D eigenvalue weighted by Crippen LogP contribution is -2.40. The third kappa shape index (κ3) is 6.85. The van der Waals surface area contributed by atoms with E-state index in [4.69, 9.17) is 23.6 Å². The summed E-state index contributed by atoms with van der Waals surface area (Å²) in [6.45, 7) is 8.78. The minimum atomic E-state index is -0.570. The number of hydrogen-bond acceptors (Lipinski definition) is 7. The molecule has 38 heavy (non-hydrogen) atoms. The van der Waals surface area contributed by atoms with Crippen molar-refractivity contribution in [1.29, 1.82) is 0 Å². The highest BCUT2D eigenvalue weighted by Crippen LogP contribution is 2.32. The summed E-state index contributed by atoms with van der Waals surface area (Å²) in [5, 5.41) is 7.44. The second-order valence-electron chi connectivity index (χ2n) is 10.8. The number of rotatable bonds is 10. The van der Waals surface area contributed by atoms with Gasteiger partial charge in [-0.15, -0.1) is 5.10 Å². The third-order valence-electron chi connectivity index (χ3n) is 5.94. The molecule has 2 aromatic carbocycles. The number of nitrogens with zero attached hydrogens (tertiary/aromatic N) is 3. The lowest BCUT2D eigenvalue weighted by atomic mass is 10.2. The predicted molar refractivity (Wildman–Crippen MR) is 143 cm³/mol. The molecule has 9 heteroatoms. The molecule has 9 nitrogen and oxygen atoms in total. The second-order valence-corrected chi connectivity index (χ2v) is 10.8. The monoisotopic (exact) mass is 518 g/mol. The predicted octanol–water partition coefficient (Wildman–Crippen LogP) is 5.82. The highest BCUT2D eigenvalue weighted by atomic mass is 16.6. The number of ether oxygens (including phenoxy) is 3. The van der Waals surface area contributed by atoms with Crippen molar-refractivity contribution in [1.82, 2.24) is 20.1 Å². The van der Waals surface area contributed by atoms with Crippen LogP contribution >= 0.6 is 0 Å². The number of carbonyl (C=O) groups excluding carboxylic acids is 1. The molecular weight excluding hydrogens is 484 g/mol. The van der Waals surface area contributed by atoms with Gasteiger partial charge in [0.05, 0.1) is 19.2 Å². The zero-order valence-electron chi connectivity index (χ0n) is 22.3. The number of hydrogen-bond donors (Lipinski definition) is 1. The Labute approximate surface area is 222 Å². The summed E-state index contributed by atoms with van der Waals surface area (Å²) in [6, 6.07) is 17.2. The summed E-state index contributed by atoms with van der Waals surface area (Å²) in [7, 11) is 0. The van der Waals surface area contributed by atoms with Gasteiger partial charge in [-0.1, -0.05) is 30.3 Å². The molecule has 0 spiro atoms. The van der Waals surface area contributed by atoms with Gasteiger partial charge in [-0.25, -0.2) is 9.78 Å². The number of fused-ring (bicyclic) bond motifs is 1. The second kappa shape index (κ2) is 10.8. The Morgan fingerprint density at radius 2 is 1.92 bits per heavy atom. The van der Waals surface area contributed by atoms with E-state index in [1.165, 1.54) is 12.8 Å². The van der Waals surface area contributed by atoms with E-state index in [1.54, 1.807) is 6.07 Å². The standard InChI is InChI=1S/C29H34N4O5/c1-19(30-28(34)38-29(2,3)4)17-36-26-15-24(33(32-26)16-20-8-6-5-7-9-20)27-31-23-14-22(12-13-25(23)37-27)35-18-21-10-11-21/h5-9,12-15,19,21H,10-11,16-18H2,1-4H3,(H,30,34)/t19-/m0/s1. The molecule has 1 saturated carbocycles. The van der Waals surface area contributed by atoms with Crippen LogP contribution in [0, 0.1) is 5.92 Å². The Balaban J connectivity index is 1.34. The summed E-state index contributed by atoms with van der Waals surface area (Å²) < 4.78 is 25.1. The van der Waals surface area contributed by atoms with Gasteiger partial charge in [-0.2, -0.15) is 0 Å². The van der Waals surface area contributed by atoms with Crippen LogP contribution in [0.2, 0.25) is 0 Å². The molecule has 1 aliphatic rings. The molecular formula is C29H34N4O5. The van der Waals surface area contributed by atoms with Crippen molar-refractivity contribution in [3.63, 3.8) is 0 Å². The molecule has 2 aromatic heterocycles. The Hall–Kier alpha value is -4.01. The van der Waals surface area contributed by atoms with Gasteiger partial charge in [-0.05, 0) is 64.2 Å². The maximum Gasteiger partial charge on any atom is 0.407 e. The van der Waals surface area contributed by atoms with Gasteiger partial charge in [0, 0.05) is 12.1 Å². The highest BCUT2D eigenvalue weighted by Gasteiger charge is 2.23. The van der Waals surface area contributed by atoms with Crippen molar-refractivity contribution in [3.8, 4) is 23.2 Å². The number of aromatic nitrogens is 3. The first-order valence-electron chi connectivity index (χ1n) is 13.0. The first kappa shape index (κ1) is 25.6. The van der Waals surface area contributed by atoms with E-state index in [2.05, 4.69) is 10.4 Å². The molecule has 4 aromatic rings. The van der Waals surface area contributed by atoms with Crippen molar-refractivity contribution < 1.29 is 23.4 Å². The number of alkyl carbamates (subject to hydrolysis) is 1. The Morgan fingerprint density at radius 1 is 1.13 bits per heavy atom. The van der Waals surface area contributed by atoms with Crippen LogP contribution < -0.4 is 14.8 Å². The van der Waals surface area contributed by atoms with Gasteiger partial charge in [0.2, 0.25) is 11.8 Å². The maximum absolute atomic E-state index is 12.1. The van der Waals surface area contributed by atoms with E-state index in [-0.39, 0.29) is 12.6 Å². The quantitative estimate of drug-likeness (QED) is 0.282. The molecule has 0 radical (unpaired) electrons. The number of nitrogens with one attached hydrogen (secondary N) is 1. The van der Waals surface area contributed by atoms with Crippen LogP contribution in [-0.2, 0) is 11.3 Å². The van der Waals surface area contributed by atoms with Crippen LogP contribution in [-0.4, -0.2) is 45.7 Å². The Morgan fingerprint density at radius 3 is 2.66 bits per heavy atom. The van der Waals surface area contributed by atoms with E-state index >= 15 is 0 Å². The average Bonchev–Trinajstić information content (AvgIpc) is 3.46. The van der Waals surface area contributed by atoms with Gasteiger partial charge in [0.25, 0.3) is 0 Å². The van der Waals surface area contributed by atoms with Crippen molar-refractivity contribution >= 4 is 17.2 Å². The van der Waals surface area contributed by atoms with Crippen LogP contribution in [0.4, 0.5) is 4.79 Å². The van der Waals surface area contributed by atoms with E-state index < -0.39 is 11.7 Å². The highest BCUT2D eigenvalue weighted by molar-refractivity contribution is 5.77. The van der Waals surface area contributed by atoms with Gasteiger partial charge in [0.1, 0.15) is 29.2 Å². The summed E-state index contributed by atoms with van der Waals surface area (Å²) in [5.41, 5.74) is 2.59. The molecule has 1 aliphatic carbocycles. The first-order chi connectivity index (χ1) is 18.2. The van der Waals surface area contributed by atoms with Crippen LogP contribution in [0.25, 0.3) is 22.7 Å². The molecule has 1 amide bonds. The maximum atomic E-state index is 12.1. The van der Waals surface area contributed by atoms with Crippen LogP contribution in [0.3, 0.4) is 0 Å². The summed E-state index contributed by atoms with van der Waals surface area (Å²) in [5.74, 6) is 2.31. The van der Waals surface area contributed by atoms with E-state index in [9.17, 15) is 4.79 Å². The topological polar surface area (TPSA) is 101 Å². The number of benzene rings is 2. The summed E-state index contributed by atoms with van der Waals surface area (Å²) >= 11 is 0. The normalized spacial score (nSPS) is 14.3. The molecule has 2 heterocycles. The zero-order valence-corrected chi connectivity index (χ0v) is 22.3. The largest absolute Gasteiger partial charge is 0.493 e. The van der Waals surface area contributed by atoms with Crippen LogP contribution in [0.15, 0.2) is 59.0 Å². The number of carbonyl (C=O) groups is 1. The van der Waals surface area contributed by atoms with Crippen molar-refractivity contribution in [2.75, 3.05) is 13.2 Å². The van der Waals surface area contributed by atoms with Gasteiger partial charge >= 0.3 is 6.09 Å². The van der Waals surface area contributed by atoms with E-state index in [0.29, 0.717) is 35.5 Å². The fourth-order valence-corrected chi connectivity index (χ4v) is 3.88. The molecule has 0 aliphatic heterocycles. The lowest BCUT2D eigenvalue weighted by Gasteiger charge is -2.21. The van der Waals surface area contributed by atoms with Crippen molar-refractivity contribution in [3.05, 3.63) is 60.2 Å². The Bertz CT molecular complexity index is 1390. The molecule has 0 saturated heterocycles.